The average molecular weight is 309 g/mol. The van der Waals surface area contributed by atoms with Crippen molar-refractivity contribution in [1.29, 1.82) is 0 Å². The normalized spacial score (nSPS) is 10.8. The summed E-state index contributed by atoms with van der Waals surface area (Å²) in [6.45, 7) is 0.570. The van der Waals surface area contributed by atoms with E-state index in [1.165, 1.54) is 0 Å². The van der Waals surface area contributed by atoms with Crippen LogP contribution in [0.3, 0.4) is 0 Å². The first-order chi connectivity index (χ1) is 9.18. The molecule has 0 aliphatic heterocycles. The second kappa shape index (κ2) is 9.13. The molecule has 2 aromatic carbocycles. The van der Waals surface area contributed by atoms with E-state index in [1.54, 1.807) is 11.9 Å². The van der Waals surface area contributed by atoms with Crippen LogP contribution in [0.1, 0.15) is 17.2 Å². The Hall–Kier alpha value is -1.88. The van der Waals surface area contributed by atoms with Crippen molar-refractivity contribution >= 4 is 18.3 Å². The maximum Gasteiger partial charge on any atom is 0.244 e. The van der Waals surface area contributed by atoms with Crippen molar-refractivity contribution in [3.63, 3.8) is 0 Å². The van der Waals surface area contributed by atoms with Gasteiger partial charge in [0.25, 0.3) is 0 Å². The quantitative estimate of drug-likeness (QED) is 0.937. The van der Waals surface area contributed by atoms with Crippen LogP contribution in [0.25, 0.3) is 0 Å². The Morgan fingerprint density at radius 2 is 1.52 bits per heavy atom. The largest absolute Gasteiger partial charge is 0.412 e. The highest BCUT2D eigenvalue weighted by atomic mass is 35.5. The summed E-state index contributed by atoms with van der Waals surface area (Å²) in [6.07, 6.45) is 0. The smallest absolute Gasteiger partial charge is 0.244 e. The molecule has 1 atom stereocenters. The molecule has 0 spiro atoms. The Labute approximate surface area is 131 Å². The molecule has 0 radical (unpaired) electrons. The number of nitrogens with zero attached hydrogens (tertiary/aromatic N) is 1. The molecule has 5 heteroatoms. The summed E-state index contributed by atoms with van der Waals surface area (Å²) in [5.41, 5.74) is 7.94. The van der Waals surface area contributed by atoms with Crippen LogP contribution in [0.5, 0.6) is 0 Å². The van der Waals surface area contributed by atoms with E-state index in [1.807, 2.05) is 60.7 Å². The number of amides is 1. The third-order valence-electron chi connectivity index (χ3n) is 3.06. The minimum absolute atomic E-state index is 0. The topological polar surface area (TPSA) is 77.8 Å². The van der Waals surface area contributed by atoms with Crippen LogP contribution in [-0.2, 0) is 11.3 Å². The maximum atomic E-state index is 12.2. The van der Waals surface area contributed by atoms with Crippen molar-refractivity contribution < 1.29 is 10.3 Å². The minimum atomic E-state index is -0.602. The summed E-state index contributed by atoms with van der Waals surface area (Å²) >= 11 is 0. The van der Waals surface area contributed by atoms with Gasteiger partial charge in [0.2, 0.25) is 5.91 Å². The van der Waals surface area contributed by atoms with Gasteiger partial charge in [-0.3, -0.25) is 4.79 Å². The van der Waals surface area contributed by atoms with E-state index in [9.17, 15) is 4.79 Å². The maximum absolute atomic E-state index is 12.2. The molecular weight excluding hydrogens is 288 g/mol. The summed E-state index contributed by atoms with van der Waals surface area (Å²) in [6, 6.07) is 18.7. The first-order valence-corrected chi connectivity index (χ1v) is 6.28. The van der Waals surface area contributed by atoms with Gasteiger partial charge in [-0.25, -0.2) is 0 Å². The third kappa shape index (κ3) is 5.19. The Morgan fingerprint density at radius 1 is 1.05 bits per heavy atom. The highest BCUT2D eigenvalue weighted by Gasteiger charge is 2.19. The molecule has 0 unspecified atom stereocenters. The Balaban J connectivity index is 0.00000200. The molecule has 2 rings (SSSR count). The molecule has 4 nitrogen and oxygen atoms in total. The lowest BCUT2D eigenvalue weighted by molar-refractivity contribution is -0.131. The van der Waals surface area contributed by atoms with E-state index in [0.717, 1.165) is 11.1 Å². The minimum Gasteiger partial charge on any atom is -0.412 e. The predicted octanol–water partition coefficient (Wildman–Crippen LogP) is 1.94. The predicted molar refractivity (Wildman–Crippen MR) is 87.1 cm³/mol. The summed E-state index contributed by atoms with van der Waals surface area (Å²) in [5.74, 6) is -0.0740. The van der Waals surface area contributed by atoms with Gasteiger partial charge in [0, 0.05) is 13.6 Å². The van der Waals surface area contributed by atoms with Crippen LogP contribution in [0.4, 0.5) is 0 Å². The fourth-order valence-corrected chi connectivity index (χ4v) is 1.98. The number of rotatable bonds is 4. The number of carbonyl (C=O) groups excluding carboxylic acids is 1. The van der Waals surface area contributed by atoms with Gasteiger partial charge in [0.1, 0.15) is 6.04 Å². The number of carbonyl (C=O) groups is 1. The fraction of sp³-hybridized carbons (Fsp3) is 0.188. The van der Waals surface area contributed by atoms with E-state index in [-0.39, 0.29) is 23.8 Å². The molecule has 0 aliphatic rings. The molecule has 4 N–H and O–H groups in total. The van der Waals surface area contributed by atoms with Crippen molar-refractivity contribution in [2.24, 2.45) is 5.73 Å². The lowest BCUT2D eigenvalue weighted by atomic mass is 10.1. The van der Waals surface area contributed by atoms with E-state index in [2.05, 4.69) is 0 Å². The van der Waals surface area contributed by atoms with Crippen LogP contribution >= 0.6 is 12.4 Å². The Morgan fingerprint density at radius 3 is 2.05 bits per heavy atom. The molecule has 0 bridgehead atoms. The van der Waals surface area contributed by atoms with Crippen LogP contribution in [0.2, 0.25) is 0 Å². The molecule has 0 aromatic heterocycles. The number of nitrogens with two attached hydrogens (primary N) is 1. The first kappa shape index (κ1) is 19.1. The lowest BCUT2D eigenvalue weighted by Gasteiger charge is -2.21. The van der Waals surface area contributed by atoms with Gasteiger partial charge in [0.15, 0.2) is 0 Å². The molecule has 21 heavy (non-hydrogen) atoms. The van der Waals surface area contributed by atoms with Crippen LogP contribution < -0.4 is 5.73 Å². The summed E-state index contributed by atoms with van der Waals surface area (Å²) < 4.78 is 0. The van der Waals surface area contributed by atoms with E-state index in [0.29, 0.717) is 6.54 Å². The standard InChI is InChI=1S/C16H18N2O.ClH.H2O/c1-18(12-13-8-4-2-5-9-13)16(19)15(17)14-10-6-3-7-11-14;;/h2-11,15H,12,17H2,1H3;1H;1H2/t15-;;/m1../s1. The zero-order valence-electron chi connectivity index (χ0n) is 11.9. The van der Waals surface area contributed by atoms with Gasteiger partial charge in [0.05, 0.1) is 0 Å². The second-order valence-corrected chi connectivity index (χ2v) is 4.57. The Kier molecular flexibility index (Phi) is 8.31. The average Bonchev–Trinajstić information content (AvgIpc) is 2.47. The first-order valence-electron chi connectivity index (χ1n) is 6.28. The van der Waals surface area contributed by atoms with E-state index in [4.69, 9.17) is 5.73 Å². The number of halogens is 1. The van der Waals surface area contributed by atoms with Gasteiger partial charge in [-0.2, -0.15) is 0 Å². The van der Waals surface area contributed by atoms with Gasteiger partial charge < -0.3 is 16.1 Å². The molecule has 0 fully saturated rings. The molecule has 114 valence electrons. The summed E-state index contributed by atoms with van der Waals surface area (Å²) in [4.78, 5) is 13.9. The van der Waals surface area contributed by atoms with Crippen molar-refractivity contribution in [2.75, 3.05) is 7.05 Å². The van der Waals surface area contributed by atoms with Crippen molar-refractivity contribution in [3.8, 4) is 0 Å². The van der Waals surface area contributed by atoms with Crippen molar-refractivity contribution in [2.45, 2.75) is 12.6 Å². The fourth-order valence-electron chi connectivity index (χ4n) is 1.98. The van der Waals surface area contributed by atoms with Crippen LogP contribution in [-0.4, -0.2) is 23.3 Å². The monoisotopic (exact) mass is 308 g/mol. The molecule has 1 amide bonds. The molecule has 2 aromatic rings. The summed E-state index contributed by atoms with van der Waals surface area (Å²) in [7, 11) is 1.78. The van der Waals surface area contributed by atoms with Crippen LogP contribution in [0, 0.1) is 0 Å². The zero-order valence-corrected chi connectivity index (χ0v) is 12.7. The van der Waals surface area contributed by atoms with Crippen molar-refractivity contribution in [3.05, 3.63) is 71.8 Å². The van der Waals surface area contributed by atoms with Gasteiger partial charge in [-0.15, -0.1) is 12.4 Å². The third-order valence-corrected chi connectivity index (χ3v) is 3.06. The molecule has 0 aliphatic carbocycles. The van der Waals surface area contributed by atoms with Gasteiger partial charge in [-0.05, 0) is 11.1 Å². The zero-order chi connectivity index (χ0) is 13.7. The van der Waals surface area contributed by atoms with Gasteiger partial charge >= 0.3 is 0 Å². The number of hydrogen-bond donors (Lipinski definition) is 1. The highest BCUT2D eigenvalue weighted by molar-refractivity contribution is 5.85. The molecule has 0 saturated carbocycles. The number of likely N-dealkylation sites (N-methyl/N-ethyl adjacent to an activating group) is 1. The molecule has 0 heterocycles. The SMILES string of the molecule is CN(Cc1ccccc1)C(=O)[C@H](N)c1ccccc1.Cl.O. The summed E-state index contributed by atoms with van der Waals surface area (Å²) in [5, 5.41) is 0. The molecule has 0 saturated heterocycles. The molecular formula is C16H21ClN2O2. The van der Waals surface area contributed by atoms with Gasteiger partial charge in [-0.1, -0.05) is 60.7 Å². The van der Waals surface area contributed by atoms with Crippen molar-refractivity contribution in [1.82, 2.24) is 4.90 Å². The number of benzene rings is 2. The van der Waals surface area contributed by atoms with E-state index >= 15 is 0 Å². The highest BCUT2D eigenvalue weighted by Crippen LogP contribution is 2.13. The second-order valence-electron chi connectivity index (χ2n) is 4.57. The van der Waals surface area contributed by atoms with Crippen LogP contribution in [0.15, 0.2) is 60.7 Å². The lowest BCUT2D eigenvalue weighted by Crippen LogP contribution is -2.35. The number of hydrogen-bond acceptors (Lipinski definition) is 2. The Bertz CT molecular complexity index is 534. The van der Waals surface area contributed by atoms with E-state index < -0.39 is 6.04 Å².